The normalized spacial score (nSPS) is 21.4. The van der Waals surface area contributed by atoms with Crippen LogP contribution in [0.2, 0.25) is 0 Å². The maximum Gasteiger partial charge on any atom is 0.416 e. The molecule has 2 N–H and O–H groups in total. The van der Waals surface area contributed by atoms with Crippen LogP contribution in [0.1, 0.15) is 58.6 Å². The third-order valence-corrected chi connectivity index (χ3v) is 8.34. The van der Waals surface area contributed by atoms with Crippen molar-refractivity contribution in [3.05, 3.63) is 64.5 Å². The summed E-state index contributed by atoms with van der Waals surface area (Å²) in [5, 5.41) is 0. The van der Waals surface area contributed by atoms with E-state index in [1.807, 2.05) is 0 Å². The molecule has 194 valence electrons. The number of hydrogen-bond acceptors (Lipinski definition) is 4. The standard InChI is InChI=1S/C25H26F4N2O4S/c1-14-4-8-17(36(2,34)35)13-19(14)22(32)31-11-3-10-24(31,23(30)33)21(15-5-6-15)18-9-7-16(12-20(18)26)25(27,28)29/h4,7-9,12-13,15,21H,3,5-6,10-11H2,1-2H3,(H2,30,33)/t21-,24+/m1/s1. The Balaban J connectivity index is 1.84. The van der Waals surface area contributed by atoms with Gasteiger partial charge in [-0.15, -0.1) is 0 Å². The number of amides is 2. The van der Waals surface area contributed by atoms with Gasteiger partial charge in [-0.05, 0) is 73.9 Å². The number of primary amides is 1. The number of likely N-dealkylation sites (tertiary alicyclic amines) is 1. The van der Waals surface area contributed by atoms with Crippen molar-refractivity contribution in [2.24, 2.45) is 11.7 Å². The summed E-state index contributed by atoms with van der Waals surface area (Å²) in [6.07, 6.45) is -2.06. The summed E-state index contributed by atoms with van der Waals surface area (Å²) in [5.41, 5.74) is 3.51. The molecule has 1 aliphatic heterocycles. The highest BCUT2D eigenvalue weighted by atomic mass is 32.2. The molecule has 1 saturated carbocycles. The first-order valence-corrected chi connectivity index (χ1v) is 13.4. The molecule has 36 heavy (non-hydrogen) atoms. The van der Waals surface area contributed by atoms with Gasteiger partial charge in [0.1, 0.15) is 11.4 Å². The number of alkyl halides is 3. The maximum atomic E-state index is 15.2. The van der Waals surface area contributed by atoms with Gasteiger partial charge in [-0.3, -0.25) is 9.59 Å². The first-order chi connectivity index (χ1) is 16.7. The number of sulfone groups is 1. The first-order valence-electron chi connectivity index (χ1n) is 11.5. The van der Waals surface area contributed by atoms with Crippen LogP contribution in [0.5, 0.6) is 0 Å². The monoisotopic (exact) mass is 526 g/mol. The molecular weight excluding hydrogens is 500 g/mol. The second-order valence-corrected chi connectivity index (χ2v) is 11.7. The molecule has 2 aromatic carbocycles. The van der Waals surface area contributed by atoms with Crippen LogP contribution in [-0.2, 0) is 20.8 Å². The molecule has 2 fully saturated rings. The summed E-state index contributed by atoms with van der Waals surface area (Å²) in [6, 6.07) is 6.30. The second-order valence-electron chi connectivity index (χ2n) is 9.65. The summed E-state index contributed by atoms with van der Waals surface area (Å²) >= 11 is 0. The zero-order valence-corrected chi connectivity index (χ0v) is 20.5. The minimum Gasteiger partial charge on any atom is -0.368 e. The lowest BCUT2D eigenvalue weighted by Crippen LogP contribution is -2.60. The molecule has 6 nitrogen and oxygen atoms in total. The van der Waals surface area contributed by atoms with Crippen molar-refractivity contribution < 1.29 is 35.6 Å². The van der Waals surface area contributed by atoms with Gasteiger partial charge in [0.05, 0.1) is 10.5 Å². The van der Waals surface area contributed by atoms with Gasteiger partial charge in [0.2, 0.25) is 5.91 Å². The van der Waals surface area contributed by atoms with Crippen molar-refractivity contribution in [1.29, 1.82) is 0 Å². The number of aryl methyl sites for hydroxylation is 1. The summed E-state index contributed by atoms with van der Waals surface area (Å²) in [7, 11) is -3.63. The Labute approximate surface area is 206 Å². The molecule has 1 aliphatic carbocycles. The molecule has 0 spiro atoms. The van der Waals surface area contributed by atoms with E-state index in [2.05, 4.69) is 0 Å². The molecule has 1 saturated heterocycles. The van der Waals surface area contributed by atoms with Crippen LogP contribution in [0.15, 0.2) is 41.3 Å². The van der Waals surface area contributed by atoms with E-state index in [1.165, 1.54) is 23.1 Å². The minimum absolute atomic E-state index is 0.0629. The van der Waals surface area contributed by atoms with Gasteiger partial charge in [0, 0.05) is 24.3 Å². The van der Waals surface area contributed by atoms with Gasteiger partial charge in [-0.2, -0.15) is 13.2 Å². The molecule has 11 heteroatoms. The third kappa shape index (κ3) is 4.49. The van der Waals surface area contributed by atoms with E-state index in [0.717, 1.165) is 18.4 Å². The molecule has 4 rings (SSSR count). The average Bonchev–Trinajstić information content (AvgIpc) is 3.50. The van der Waals surface area contributed by atoms with Gasteiger partial charge >= 0.3 is 6.18 Å². The first kappa shape index (κ1) is 26.1. The van der Waals surface area contributed by atoms with E-state index < -0.39 is 50.7 Å². The fourth-order valence-corrected chi connectivity index (χ4v) is 6.00. The smallest absolute Gasteiger partial charge is 0.368 e. The summed E-state index contributed by atoms with van der Waals surface area (Å²) < 4.78 is 78.8. The number of nitrogens with zero attached hydrogens (tertiary/aromatic N) is 1. The van der Waals surface area contributed by atoms with Gasteiger partial charge in [0.25, 0.3) is 5.91 Å². The minimum atomic E-state index is -4.74. The van der Waals surface area contributed by atoms with Crippen LogP contribution < -0.4 is 5.73 Å². The fraction of sp³-hybridized carbons (Fsp3) is 0.440. The topological polar surface area (TPSA) is 97.5 Å². The predicted molar refractivity (Wildman–Crippen MR) is 123 cm³/mol. The largest absolute Gasteiger partial charge is 0.416 e. The molecule has 1 heterocycles. The zero-order chi connectivity index (χ0) is 26.6. The lowest BCUT2D eigenvalue weighted by Gasteiger charge is -2.43. The lowest BCUT2D eigenvalue weighted by molar-refractivity contribution is -0.138. The molecule has 2 aromatic rings. The summed E-state index contributed by atoms with van der Waals surface area (Å²) in [4.78, 5) is 28.1. The van der Waals surface area contributed by atoms with E-state index in [-0.39, 0.29) is 34.9 Å². The van der Waals surface area contributed by atoms with Gasteiger partial charge in [-0.1, -0.05) is 12.1 Å². The number of carbonyl (C=O) groups is 2. The average molecular weight is 527 g/mol. The number of carbonyl (C=O) groups excluding carboxylic acids is 2. The Morgan fingerprint density at radius 2 is 1.81 bits per heavy atom. The second kappa shape index (κ2) is 8.86. The summed E-state index contributed by atoms with van der Waals surface area (Å²) in [6.45, 7) is 1.73. The third-order valence-electron chi connectivity index (χ3n) is 7.23. The van der Waals surface area contributed by atoms with Crippen LogP contribution in [0.25, 0.3) is 0 Å². The zero-order valence-electron chi connectivity index (χ0n) is 19.7. The van der Waals surface area contributed by atoms with Crippen molar-refractivity contribution in [2.75, 3.05) is 12.8 Å². The molecule has 2 atom stereocenters. The maximum absolute atomic E-state index is 15.2. The molecule has 0 bridgehead atoms. The van der Waals surface area contributed by atoms with Crippen LogP contribution in [0.4, 0.5) is 17.6 Å². The van der Waals surface area contributed by atoms with Crippen LogP contribution in [-0.4, -0.2) is 43.5 Å². The van der Waals surface area contributed by atoms with Crippen molar-refractivity contribution in [3.63, 3.8) is 0 Å². The number of halogens is 4. The van der Waals surface area contributed by atoms with E-state index >= 15 is 4.39 Å². The number of nitrogens with two attached hydrogens (primary N) is 1. The van der Waals surface area contributed by atoms with Crippen LogP contribution >= 0.6 is 0 Å². The Morgan fingerprint density at radius 3 is 2.33 bits per heavy atom. The van der Waals surface area contributed by atoms with Crippen molar-refractivity contribution in [2.45, 2.75) is 55.1 Å². The molecule has 2 aliphatic rings. The summed E-state index contributed by atoms with van der Waals surface area (Å²) in [5.74, 6) is -3.81. The number of benzene rings is 2. The van der Waals surface area contributed by atoms with Crippen molar-refractivity contribution in [1.82, 2.24) is 4.90 Å². The molecular formula is C25H26F4N2O4S. The highest BCUT2D eigenvalue weighted by Gasteiger charge is 2.59. The van der Waals surface area contributed by atoms with Gasteiger partial charge < -0.3 is 10.6 Å². The van der Waals surface area contributed by atoms with Crippen LogP contribution in [0, 0.1) is 18.7 Å². The van der Waals surface area contributed by atoms with E-state index in [0.29, 0.717) is 30.9 Å². The molecule has 0 radical (unpaired) electrons. The van der Waals surface area contributed by atoms with Crippen molar-refractivity contribution >= 4 is 21.7 Å². The Hall–Kier alpha value is -2.95. The molecule has 2 amide bonds. The number of hydrogen-bond donors (Lipinski definition) is 1. The highest BCUT2D eigenvalue weighted by Crippen LogP contribution is 2.54. The Morgan fingerprint density at radius 1 is 1.14 bits per heavy atom. The van der Waals surface area contributed by atoms with Gasteiger partial charge in [0.15, 0.2) is 9.84 Å². The molecule has 0 unspecified atom stereocenters. The number of rotatable bonds is 6. The van der Waals surface area contributed by atoms with E-state index in [4.69, 9.17) is 5.73 Å². The Bertz CT molecular complexity index is 1340. The quantitative estimate of drug-likeness (QED) is 0.571. The van der Waals surface area contributed by atoms with E-state index in [9.17, 15) is 31.2 Å². The van der Waals surface area contributed by atoms with Crippen molar-refractivity contribution in [3.8, 4) is 0 Å². The molecule has 0 aromatic heterocycles. The van der Waals surface area contributed by atoms with Gasteiger partial charge in [-0.25, -0.2) is 12.8 Å². The SMILES string of the molecule is Cc1ccc(S(C)(=O)=O)cc1C(=O)N1CCC[C@@]1(C(N)=O)[C@@H](c1ccc(C(F)(F)F)cc1F)C1CC1. The highest BCUT2D eigenvalue weighted by molar-refractivity contribution is 7.90. The van der Waals surface area contributed by atoms with E-state index in [1.54, 1.807) is 6.92 Å². The van der Waals surface area contributed by atoms with Crippen LogP contribution in [0.3, 0.4) is 0 Å². The predicted octanol–water partition coefficient (Wildman–Crippen LogP) is 4.21. The fourth-order valence-electron chi connectivity index (χ4n) is 5.35. The Kier molecular flexibility index (Phi) is 6.43. The lowest BCUT2D eigenvalue weighted by atomic mass is 9.73.